The molecular formula is C26H52Br2O12. The quantitative estimate of drug-likeness (QED) is 0.0693. The van der Waals surface area contributed by atoms with Crippen molar-refractivity contribution >= 4 is 31.9 Å². The number of alkyl halides is 2. The first kappa shape index (κ1) is 40.5. The third-order valence-corrected chi connectivity index (χ3v) is 5.18. The van der Waals surface area contributed by atoms with Gasteiger partial charge in [-0.15, -0.1) is 0 Å². The number of rotatable bonds is 37. The first-order chi connectivity index (χ1) is 19.9. The summed E-state index contributed by atoms with van der Waals surface area (Å²) in [5, 5.41) is 1.68. The predicted molar refractivity (Wildman–Crippen MR) is 157 cm³/mol. The molecule has 0 radical (unpaired) electrons. The molecule has 0 aromatic carbocycles. The molecular weight excluding hydrogens is 664 g/mol. The second kappa shape index (κ2) is 39.5. The SMILES string of the molecule is BrCCOCCOCCOCCOCCOCCOCCOCCOCCOCCOCCOCCOCCBr. The van der Waals surface area contributed by atoms with Gasteiger partial charge in [-0.3, -0.25) is 0 Å². The maximum absolute atomic E-state index is 5.47. The lowest BCUT2D eigenvalue weighted by atomic mass is 10.6. The van der Waals surface area contributed by atoms with Crippen LogP contribution in [-0.2, 0) is 56.8 Å². The molecule has 14 heteroatoms. The summed E-state index contributed by atoms with van der Waals surface area (Å²) in [6, 6.07) is 0. The zero-order valence-electron chi connectivity index (χ0n) is 24.0. The van der Waals surface area contributed by atoms with Crippen LogP contribution < -0.4 is 0 Å². The van der Waals surface area contributed by atoms with Gasteiger partial charge >= 0.3 is 0 Å². The van der Waals surface area contributed by atoms with Gasteiger partial charge in [0, 0.05) is 10.7 Å². The molecule has 0 amide bonds. The lowest BCUT2D eigenvalue weighted by Crippen LogP contribution is -2.15. The summed E-state index contributed by atoms with van der Waals surface area (Å²) in [5.41, 5.74) is 0. The van der Waals surface area contributed by atoms with Gasteiger partial charge in [0.2, 0.25) is 0 Å². The Kier molecular flexibility index (Phi) is 40.0. The van der Waals surface area contributed by atoms with E-state index in [1.165, 1.54) is 0 Å². The molecule has 0 aliphatic carbocycles. The zero-order chi connectivity index (χ0) is 28.9. The Balaban J connectivity index is 3.01. The van der Waals surface area contributed by atoms with E-state index in [0.29, 0.717) is 159 Å². The highest BCUT2D eigenvalue weighted by Gasteiger charge is 1.96. The van der Waals surface area contributed by atoms with Crippen LogP contribution in [0.1, 0.15) is 0 Å². The molecule has 0 atom stereocenters. The van der Waals surface area contributed by atoms with Gasteiger partial charge in [-0.05, 0) is 0 Å². The molecule has 0 saturated carbocycles. The maximum atomic E-state index is 5.47. The van der Waals surface area contributed by atoms with Crippen molar-refractivity contribution in [2.75, 3.05) is 169 Å². The molecule has 0 unspecified atom stereocenters. The highest BCUT2D eigenvalue weighted by atomic mass is 79.9. The monoisotopic (exact) mass is 714 g/mol. The Labute approximate surface area is 257 Å². The third kappa shape index (κ3) is 38.5. The van der Waals surface area contributed by atoms with E-state index in [4.69, 9.17) is 56.8 Å². The minimum atomic E-state index is 0.518. The molecule has 12 nitrogen and oxygen atoms in total. The van der Waals surface area contributed by atoms with Gasteiger partial charge in [0.25, 0.3) is 0 Å². The molecule has 0 bridgehead atoms. The van der Waals surface area contributed by atoms with Crippen molar-refractivity contribution < 1.29 is 56.8 Å². The molecule has 0 spiro atoms. The molecule has 0 heterocycles. The molecule has 0 fully saturated rings. The Morgan fingerprint density at radius 2 is 0.275 bits per heavy atom. The van der Waals surface area contributed by atoms with E-state index in [-0.39, 0.29) is 0 Å². The van der Waals surface area contributed by atoms with E-state index < -0.39 is 0 Å². The fourth-order valence-electron chi connectivity index (χ4n) is 2.63. The number of ether oxygens (including phenoxy) is 12. The van der Waals surface area contributed by atoms with Crippen molar-refractivity contribution in [1.82, 2.24) is 0 Å². The van der Waals surface area contributed by atoms with Gasteiger partial charge in [-0.1, -0.05) is 31.9 Å². The molecule has 0 aromatic rings. The smallest absolute Gasteiger partial charge is 0.0701 e. The van der Waals surface area contributed by atoms with Crippen molar-refractivity contribution in [2.45, 2.75) is 0 Å². The van der Waals surface area contributed by atoms with Gasteiger partial charge in [0.1, 0.15) is 0 Å². The van der Waals surface area contributed by atoms with Crippen molar-refractivity contribution in [3.8, 4) is 0 Å². The summed E-state index contributed by atoms with van der Waals surface area (Å²) in [4.78, 5) is 0. The van der Waals surface area contributed by atoms with Gasteiger partial charge in [-0.25, -0.2) is 0 Å². The van der Waals surface area contributed by atoms with Crippen molar-refractivity contribution in [3.05, 3.63) is 0 Å². The molecule has 0 aromatic heterocycles. The second-order valence-electron chi connectivity index (χ2n) is 7.73. The van der Waals surface area contributed by atoms with E-state index in [0.717, 1.165) is 10.7 Å². The Morgan fingerprint density at radius 3 is 0.375 bits per heavy atom. The Bertz CT molecular complexity index is 406. The molecule has 242 valence electrons. The van der Waals surface area contributed by atoms with Gasteiger partial charge in [0.05, 0.1) is 159 Å². The van der Waals surface area contributed by atoms with Crippen LogP contribution in [0.5, 0.6) is 0 Å². The Hall–Kier alpha value is 0.480. The molecule has 0 N–H and O–H groups in total. The zero-order valence-corrected chi connectivity index (χ0v) is 27.2. The minimum absolute atomic E-state index is 0.518. The largest absolute Gasteiger partial charge is 0.378 e. The van der Waals surface area contributed by atoms with Crippen LogP contribution in [0.25, 0.3) is 0 Å². The number of hydrogen-bond acceptors (Lipinski definition) is 12. The van der Waals surface area contributed by atoms with Gasteiger partial charge < -0.3 is 56.8 Å². The van der Waals surface area contributed by atoms with Crippen molar-refractivity contribution in [1.29, 1.82) is 0 Å². The number of hydrogen-bond donors (Lipinski definition) is 0. The van der Waals surface area contributed by atoms with Gasteiger partial charge in [0.15, 0.2) is 0 Å². The first-order valence-electron chi connectivity index (χ1n) is 14.0. The van der Waals surface area contributed by atoms with Crippen LogP contribution in [0.3, 0.4) is 0 Å². The first-order valence-corrected chi connectivity index (χ1v) is 16.2. The molecule has 0 rings (SSSR count). The maximum Gasteiger partial charge on any atom is 0.0701 e. The van der Waals surface area contributed by atoms with Crippen LogP contribution in [0.4, 0.5) is 0 Å². The number of halogens is 2. The summed E-state index contributed by atoms with van der Waals surface area (Å²) in [5.74, 6) is 0. The van der Waals surface area contributed by atoms with Crippen LogP contribution in [-0.4, -0.2) is 169 Å². The second-order valence-corrected chi connectivity index (χ2v) is 9.31. The van der Waals surface area contributed by atoms with Gasteiger partial charge in [-0.2, -0.15) is 0 Å². The van der Waals surface area contributed by atoms with Crippen LogP contribution in [0, 0.1) is 0 Å². The lowest BCUT2D eigenvalue weighted by Gasteiger charge is -2.09. The summed E-state index contributed by atoms with van der Waals surface area (Å²) in [6.07, 6.45) is 0. The summed E-state index contributed by atoms with van der Waals surface area (Å²) < 4.78 is 64.9. The summed E-state index contributed by atoms with van der Waals surface area (Å²) in [7, 11) is 0. The molecule has 0 saturated heterocycles. The van der Waals surface area contributed by atoms with Crippen molar-refractivity contribution in [3.63, 3.8) is 0 Å². The normalized spacial score (nSPS) is 11.6. The topological polar surface area (TPSA) is 111 Å². The van der Waals surface area contributed by atoms with E-state index in [9.17, 15) is 0 Å². The van der Waals surface area contributed by atoms with E-state index in [2.05, 4.69) is 31.9 Å². The molecule has 40 heavy (non-hydrogen) atoms. The van der Waals surface area contributed by atoms with E-state index >= 15 is 0 Å². The fraction of sp³-hybridized carbons (Fsp3) is 1.00. The average Bonchev–Trinajstić information content (AvgIpc) is 2.97. The Morgan fingerprint density at radius 1 is 0.175 bits per heavy atom. The minimum Gasteiger partial charge on any atom is -0.378 e. The lowest BCUT2D eigenvalue weighted by molar-refractivity contribution is -0.0281. The predicted octanol–water partition coefficient (Wildman–Crippen LogP) is 1.98. The van der Waals surface area contributed by atoms with Crippen LogP contribution in [0.2, 0.25) is 0 Å². The van der Waals surface area contributed by atoms with E-state index in [1.54, 1.807) is 0 Å². The fourth-order valence-corrected chi connectivity index (χ4v) is 3.09. The van der Waals surface area contributed by atoms with E-state index in [1.807, 2.05) is 0 Å². The standard InChI is InChI=1S/C26H52Br2O12/c27-1-3-29-5-7-31-9-11-33-13-15-35-17-19-37-21-23-39-25-26-40-24-22-38-20-18-36-16-14-34-12-10-32-8-6-30-4-2-28/h1-26H2. The summed E-state index contributed by atoms with van der Waals surface area (Å²) in [6.45, 7) is 13.3. The average molecular weight is 716 g/mol. The highest BCUT2D eigenvalue weighted by molar-refractivity contribution is 9.09. The highest BCUT2D eigenvalue weighted by Crippen LogP contribution is 1.88. The third-order valence-electron chi connectivity index (χ3n) is 4.54. The summed E-state index contributed by atoms with van der Waals surface area (Å²) >= 11 is 6.60. The molecule has 0 aliphatic rings. The van der Waals surface area contributed by atoms with Crippen LogP contribution >= 0.6 is 31.9 Å². The van der Waals surface area contributed by atoms with Crippen molar-refractivity contribution in [2.24, 2.45) is 0 Å². The molecule has 0 aliphatic heterocycles. The van der Waals surface area contributed by atoms with Crippen LogP contribution in [0.15, 0.2) is 0 Å².